The highest BCUT2D eigenvalue weighted by Crippen LogP contribution is 2.33. The van der Waals surface area contributed by atoms with Crippen molar-refractivity contribution in [2.24, 2.45) is 0 Å². The van der Waals surface area contributed by atoms with Crippen molar-refractivity contribution < 1.29 is 8.42 Å². The summed E-state index contributed by atoms with van der Waals surface area (Å²) >= 11 is 0. The fourth-order valence-electron chi connectivity index (χ4n) is 2.15. The second-order valence-electron chi connectivity index (χ2n) is 4.16. The Morgan fingerprint density at radius 2 is 2.20 bits per heavy atom. The highest BCUT2D eigenvalue weighted by atomic mass is 35.7. The van der Waals surface area contributed by atoms with Gasteiger partial charge in [0, 0.05) is 10.7 Å². The lowest BCUT2D eigenvalue weighted by atomic mass is 10.0. The standard InChI is InChI=1S/C11H13ClO2S/c1-8-2-4-10-5-3-9(6-11(8)10)7-15(12,13)14/h3,5-6,8H,2,4,7H2,1H3. The van der Waals surface area contributed by atoms with Gasteiger partial charge in [-0.1, -0.05) is 25.1 Å². The second kappa shape index (κ2) is 3.80. The van der Waals surface area contributed by atoms with Crippen molar-refractivity contribution in [1.29, 1.82) is 0 Å². The van der Waals surface area contributed by atoms with Gasteiger partial charge in [0.2, 0.25) is 9.05 Å². The molecule has 0 radical (unpaired) electrons. The predicted octanol–water partition coefficient (Wildman–Crippen LogP) is 2.80. The zero-order valence-electron chi connectivity index (χ0n) is 8.53. The Morgan fingerprint density at radius 1 is 1.47 bits per heavy atom. The van der Waals surface area contributed by atoms with Crippen LogP contribution in [0.3, 0.4) is 0 Å². The van der Waals surface area contributed by atoms with Crippen LogP contribution in [0, 0.1) is 0 Å². The molecule has 0 fully saturated rings. The van der Waals surface area contributed by atoms with E-state index in [1.54, 1.807) is 0 Å². The lowest BCUT2D eigenvalue weighted by Crippen LogP contribution is -1.97. The Balaban J connectivity index is 2.33. The molecular weight excluding hydrogens is 232 g/mol. The van der Waals surface area contributed by atoms with Crippen molar-refractivity contribution in [2.75, 3.05) is 0 Å². The maximum absolute atomic E-state index is 10.9. The van der Waals surface area contributed by atoms with Gasteiger partial charge in [-0.15, -0.1) is 0 Å². The van der Waals surface area contributed by atoms with Gasteiger partial charge in [0.15, 0.2) is 0 Å². The molecule has 0 aliphatic heterocycles. The van der Waals surface area contributed by atoms with Gasteiger partial charge >= 0.3 is 0 Å². The first-order valence-electron chi connectivity index (χ1n) is 5.00. The number of benzene rings is 1. The summed E-state index contributed by atoms with van der Waals surface area (Å²) in [5.74, 6) is 0.465. The fraction of sp³-hybridized carbons (Fsp3) is 0.455. The van der Waals surface area contributed by atoms with E-state index in [1.807, 2.05) is 18.2 Å². The summed E-state index contributed by atoms with van der Waals surface area (Å²) in [6, 6.07) is 5.86. The molecule has 1 aliphatic carbocycles. The van der Waals surface area contributed by atoms with Crippen LogP contribution in [-0.2, 0) is 21.2 Å². The SMILES string of the molecule is CC1CCc2ccc(CS(=O)(=O)Cl)cc21. The number of halogens is 1. The van der Waals surface area contributed by atoms with Gasteiger partial charge in [0.1, 0.15) is 0 Å². The van der Waals surface area contributed by atoms with Crippen LogP contribution in [0.15, 0.2) is 18.2 Å². The van der Waals surface area contributed by atoms with Crippen LogP contribution in [-0.4, -0.2) is 8.42 Å². The van der Waals surface area contributed by atoms with E-state index >= 15 is 0 Å². The zero-order valence-corrected chi connectivity index (χ0v) is 10.1. The Morgan fingerprint density at radius 3 is 2.87 bits per heavy atom. The van der Waals surface area contributed by atoms with Crippen molar-refractivity contribution in [3.63, 3.8) is 0 Å². The molecule has 0 N–H and O–H groups in total. The third-order valence-electron chi connectivity index (χ3n) is 2.93. The molecule has 1 aromatic carbocycles. The minimum atomic E-state index is -3.44. The molecule has 1 aliphatic rings. The Labute approximate surface area is 94.7 Å². The summed E-state index contributed by atoms with van der Waals surface area (Å²) in [6.45, 7) is 2.17. The fourth-order valence-corrected chi connectivity index (χ4v) is 3.10. The molecule has 1 unspecified atom stereocenters. The van der Waals surface area contributed by atoms with Crippen LogP contribution in [0.2, 0.25) is 0 Å². The molecule has 0 saturated heterocycles. The first-order chi connectivity index (χ1) is 6.96. The monoisotopic (exact) mass is 244 g/mol. The lowest BCUT2D eigenvalue weighted by molar-refractivity contribution is 0.609. The average molecular weight is 245 g/mol. The minimum Gasteiger partial charge on any atom is -0.212 e. The molecule has 15 heavy (non-hydrogen) atoms. The first kappa shape index (κ1) is 11.0. The normalized spacial score (nSPS) is 20.3. The smallest absolute Gasteiger partial charge is 0.212 e. The minimum absolute atomic E-state index is 0.0748. The van der Waals surface area contributed by atoms with Gasteiger partial charge < -0.3 is 0 Å². The van der Waals surface area contributed by atoms with Crippen LogP contribution in [0.5, 0.6) is 0 Å². The molecular formula is C11H13ClO2S. The maximum atomic E-state index is 10.9. The highest BCUT2D eigenvalue weighted by Gasteiger charge is 2.19. The van der Waals surface area contributed by atoms with Crippen molar-refractivity contribution in [3.05, 3.63) is 34.9 Å². The number of aryl methyl sites for hydroxylation is 1. The molecule has 1 atom stereocenters. The van der Waals surface area contributed by atoms with Gasteiger partial charge in [-0.3, -0.25) is 0 Å². The van der Waals surface area contributed by atoms with Crippen LogP contribution >= 0.6 is 10.7 Å². The molecule has 0 amide bonds. The molecule has 82 valence electrons. The van der Waals surface area contributed by atoms with E-state index in [0.717, 1.165) is 18.4 Å². The van der Waals surface area contributed by atoms with E-state index in [0.29, 0.717) is 5.92 Å². The zero-order chi connectivity index (χ0) is 11.1. The van der Waals surface area contributed by atoms with Gasteiger partial charge in [0.05, 0.1) is 5.75 Å². The van der Waals surface area contributed by atoms with Gasteiger partial charge in [0.25, 0.3) is 0 Å². The van der Waals surface area contributed by atoms with Crippen molar-refractivity contribution in [1.82, 2.24) is 0 Å². The van der Waals surface area contributed by atoms with E-state index in [-0.39, 0.29) is 5.75 Å². The van der Waals surface area contributed by atoms with Crippen LogP contribution in [0.25, 0.3) is 0 Å². The molecule has 1 aromatic rings. The number of hydrogen-bond donors (Lipinski definition) is 0. The van der Waals surface area contributed by atoms with E-state index in [1.165, 1.54) is 11.1 Å². The van der Waals surface area contributed by atoms with Crippen molar-refractivity contribution in [3.8, 4) is 0 Å². The summed E-state index contributed by atoms with van der Waals surface area (Å²) in [5.41, 5.74) is 3.42. The molecule has 0 heterocycles. The Kier molecular flexibility index (Phi) is 2.77. The number of fused-ring (bicyclic) bond motifs is 1. The topological polar surface area (TPSA) is 34.1 Å². The van der Waals surface area contributed by atoms with Crippen molar-refractivity contribution >= 4 is 19.7 Å². The summed E-state index contributed by atoms with van der Waals surface area (Å²) in [7, 11) is 1.79. The van der Waals surface area contributed by atoms with Crippen molar-refractivity contribution in [2.45, 2.75) is 31.4 Å². The van der Waals surface area contributed by atoms with E-state index in [9.17, 15) is 8.42 Å². The van der Waals surface area contributed by atoms with Crippen LogP contribution < -0.4 is 0 Å². The van der Waals surface area contributed by atoms with Gasteiger partial charge in [-0.05, 0) is 35.4 Å². The quantitative estimate of drug-likeness (QED) is 0.750. The summed E-state index contributed by atoms with van der Waals surface area (Å²) in [6.07, 6.45) is 2.26. The van der Waals surface area contributed by atoms with Crippen LogP contribution in [0.1, 0.15) is 36.0 Å². The largest absolute Gasteiger partial charge is 0.236 e. The third kappa shape index (κ3) is 2.52. The molecule has 0 aromatic heterocycles. The number of rotatable bonds is 2. The molecule has 0 bridgehead atoms. The average Bonchev–Trinajstić information content (AvgIpc) is 2.45. The van der Waals surface area contributed by atoms with Gasteiger partial charge in [-0.25, -0.2) is 8.42 Å². The highest BCUT2D eigenvalue weighted by molar-refractivity contribution is 8.13. The molecule has 0 saturated carbocycles. The summed E-state index contributed by atoms with van der Waals surface area (Å²) in [4.78, 5) is 0. The third-order valence-corrected chi connectivity index (χ3v) is 3.93. The molecule has 4 heteroatoms. The maximum Gasteiger partial charge on any atom is 0.236 e. The molecule has 0 spiro atoms. The second-order valence-corrected chi connectivity index (χ2v) is 6.93. The Hall–Kier alpha value is -0.540. The molecule has 2 nitrogen and oxygen atoms in total. The van der Waals surface area contributed by atoms with Crippen LogP contribution in [0.4, 0.5) is 0 Å². The van der Waals surface area contributed by atoms with Gasteiger partial charge in [-0.2, -0.15) is 0 Å². The summed E-state index contributed by atoms with van der Waals surface area (Å²) < 4.78 is 21.9. The lowest BCUT2D eigenvalue weighted by Gasteiger charge is -2.06. The first-order valence-corrected chi connectivity index (χ1v) is 7.47. The summed E-state index contributed by atoms with van der Waals surface area (Å²) in [5, 5.41) is 0. The van der Waals surface area contributed by atoms with E-state index in [4.69, 9.17) is 10.7 Å². The predicted molar refractivity (Wildman–Crippen MR) is 61.7 cm³/mol. The van der Waals surface area contributed by atoms with E-state index < -0.39 is 9.05 Å². The van der Waals surface area contributed by atoms with E-state index in [2.05, 4.69) is 6.92 Å². The number of hydrogen-bond acceptors (Lipinski definition) is 2. The molecule has 2 rings (SSSR count). The Bertz CT molecular complexity index is 479.